The van der Waals surface area contributed by atoms with Crippen molar-refractivity contribution in [1.29, 1.82) is 0 Å². The lowest BCUT2D eigenvalue weighted by molar-refractivity contribution is -0.144. The number of nitrogens with one attached hydrogen (secondary N) is 1. The van der Waals surface area contributed by atoms with Gasteiger partial charge in [0.2, 0.25) is 11.7 Å². The van der Waals surface area contributed by atoms with Crippen LogP contribution in [-0.4, -0.2) is 51.7 Å². The Morgan fingerprint density at radius 3 is 2.60 bits per heavy atom. The Labute approximate surface area is 113 Å². The fourth-order valence-electron chi connectivity index (χ4n) is 1.24. The number of hydrogen-bond acceptors (Lipinski definition) is 7. The van der Waals surface area contributed by atoms with Crippen LogP contribution in [0.1, 0.15) is 27.9 Å². The van der Waals surface area contributed by atoms with Gasteiger partial charge in [0.15, 0.2) is 0 Å². The first kappa shape index (κ1) is 15.3. The van der Waals surface area contributed by atoms with E-state index in [9.17, 15) is 19.5 Å². The fourth-order valence-corrected chi connectivity index (χ4v) is 1.24. The number of methoxy groups -OCH3 is 1. The average Bonchev–Trinajstić information content (AvgIpc) is 2.42. The minimum absolute atomic E-state index is 0.00366. The summed E-state index contributed by atoms with van der Waals surface area (Å²) in [6.45, 7) is 1.55. The predicted octanol–water partition coefficient (Wildman–Crippen LogP) is -0.581. The molecule has 108 valence electrons. The molecule has 1 aromatic rings. The zero-order chi connectivity index (χ0) is 15.3. The Morgan fingerprint density at radius 2 is 2.10 bits per heavy atom. The van der Waals surface area contributed by atoms with E-state index in [0.717, 1.165) is 6.20 Å². The molecule has 9 nitrogen and oxygen atoms in total. The Bertz CT molecular complexity index is 545. The van der Waals surface area contributed by atoms with E-state index in [1.165, 1.54) is 7.11 Å². The quantitative estimate of drug-likeness (QED) is 0.610. The maximum atomic E-state index is 11.6. The first-order valence-corrected chi connectivity index (χ1v) is 5.52. The van der Waals surface area contributed by atoms with Crippen molar-refractivity contribution in [3.63, 3.8) is 0 Å². The second kappa shape index (κ2) is 6.45. The van der Waals surface area contributed by atoms with Crippen LogP contribution in [0.25, 0.3) is 0 Å². The molecule has 0 saturated carbocycles. The zero-order valence-corrected chi connectivity index (χ0v) is 10.8. The molecule has 0 saturated heterocycles. The molecule has 1 rings (SSSR count). The van der Waals surface area contributed by atoms with E-state index < -0.39 is 41.0 Å². The number of carboxylic acids is 1. The topological polar surface area (TPSA) is 139 Å². The van der Waals surface area contributed by atoms with Crippen LogP contribution in [0, 0.1) is 5.92 Å². The standard InChI is InChI=1S/C11H13N3O6/c1-5(11(19)20-2)3-13-9(16)7-12-4-6(10(17)18)8(15)14-7/h4-5H,3H2,1-2H3,(H,13,16)(H,17,18)(H,12,14,15). The highest BCUT2D eigenvalue weighted by molar-refractivity contribution is 5.93. The maximum absolute atomic E-state index is 11.6. The van der Waals surface area contributed by atoms with E-state index in [0.29, 0.717) is 0 Å². The number of aromatic nitrogens is 2. The highest BCUT2D eigenvalue weighted by atomic mass is 16.5. The van der Waals surface area contributed by atoms with Gasteiger partial charge in [0.05, 0.1) is 13.0 Å². The number of carboxylic acid groups (broad SMARTS) is 1. The first-order valence-electron chi connectivity index (χ1n) is 5.52. The number of ether oxygens (including phenoxy) is 1. The number of nitrogens with zero attached hydrogens (tertiary/aromatic N) is 2. The maximum Gasteiger partial charge on any atom is 0.342 e. The molecule has 0 bridgehead atoms. The molecule has 20 heavy (non-hydrogen) atoms. The second-order valence-electron chi connectivity index (χ2n) is 3.87. The zero-order valence-electron chi connectivity index (χ0n) is 10.8. The normalized spacial score (nSPS) is 11.5. The third-order valence-electron chi connectivity index (χ3n) is 2.37. The van der Waals surface area contributed by atoms with E-state index in [1.54, 1.807) is 6.92 Å². The van der Waals surface area contributed by atoms with Crippen molar-refractivity contribution < 1.29 is 29.3 Å². The third kappa shape index (κ3) is 3.64. The van der Waals surface area contributed by atoms with Gasteiger partial charge < -0.3 is 20.3 Å². The molecular formula is C11H13N3O6. The van der Waals surface area contributed by atoms with Gasteiger partial charge in [0.1, 0.15) is 5.56 Å². The third-order valence-corrected chi connectivity index (χ3v) is 2.37. The summed E-state index contributed by atoms with van der Waals surface area (Å²) in [5.41, 5.74) is -0.510. The van der Waals surface area contributed by atoms with Crippen LogP contribution in [-0.2, 0) is 9.53 Å². The number of hydrogen-bond donors (Lipinski definition) is 3. The second-order valence-corrected chi connectivity index (χ2v) is 3.87. The minimum atomic E-state index is -1.41. The van der Waals surface area contributed by atoms with Gasteiger partial charge in [0, 0.05) is 12.7 Å². The smallest absolute Gasteiger partial charge is 0.342 e. The molecule has 0 aliphatic heterocycles. The van der Waals surface area contributed by atoms with Crippen LogP contribution < -0.4 is 5.32 Å². The van der Waals surface area contributed by atoms with Gasteiger partial charge in [-0.05, 0) is 0 Å². The Morgan fingerprint density at radius 1 is 1.45 bits per heavy atom. The molecule has 1 unspecified atom stereocenters. The summed E-state index contributed by atoms with van der Waals surface area (Å²) in [6.07, 6.45) is 0.823. The van der Waals surface area contributed by atoms with E-state index in [4.69, 9.17) is 5.11 Å². The van der Waals surface area contributed by atoms with Crippen LogP contribution in [0.4, 0.5) is 0 Å². The lowest BCUT2D eigenvalue weighted by Gasteiger charge is -2.10. The van der Waals surface area contributed by atoms with E-state index >= 15 is 0 Å². The number of carbonyl (C=O) groups excluding carboxylic acids is 2. The summed E-state index contributed by atoms with van der Waals surface area (Å²) in [6, 6.07) is 0. The summed E-state index contributed by atoms with van der Waals surface area (Å²) in [5, 5.41) is 20.4. The molecule has 1 heterocycles. The molecule has 0 aliphatic rings. The van der Waals surface area contributed by atoms with Gasteiger partial charge in [-0.25, -0.2) is 9.78 Å². The molecule has 9 heteroatoms. The SMILES string of the molecule is COC(=O)C(C)CNC(=O)c1ncc(C(=O)O)c(O)n1. The summed E-state index contributed by atoms with van der Waals surface area (Å²) < 4.78 is 4.48. The van der Waals surface area contributed by atoms with Crippen molar-refractivity contribution >= 4 is 17.8 Å². The molecule has 1 amide bonds. The van der Waals surface area contributed by atoms with Crippen molar-refractivity contribution in [1.82, 2.24) is 15.3 Å². The Kier molecular flexibility index (Phi) is 4.95. The largest absolute Gasteiger partial charge is 0.493 e. The van der Waals surface area contributed by atoms with Crippen LogP contribution in [0.2, 0.25) is 0 Å². The van der Waals surface area contributed by atoms with Crippen molar-refractivity contribution in [3.05, 3.63) is 17.6 Å². The van der Waals surface area contributed by atoms with Gasteiger partial charge >= 0.3 is 11.9 Å². The van der Waals surface area contributed by atoms with Crippen molar-refractivity contribution in [2.75, 3.05) is 13.7 Å². The van der Waals surface area contributed by atoms with Gasteiger partial charge in [-0.2, -0.15) is 4.98 Å². The van der Waals surface area contributed by atoms with Crippen molar-refractivity contribution in [2.24, 2.45) is 5.92 Å². The van der Waals surface area contributed by atoms with Crippen molar-refractivity contribution in [2.45, 2.75) is 6.92 Å². The molecular weight excluding hydrogens is 270 g/mol. The van der Waals surface area contributed by atoms with Crippen LogP contribution in [0.3, 0.4) is 0 Å². The summed E-state index contributed by atoms with van der Waals surface area (Å²) in [4.78, 5) is 40.3. The van der Waals surface area contributed by atoms with Gasteiger partial charge in [-0.15, -0.1) is 0 Å². The lowest BCUT2D eigenvalue weighted by Crippen LogP contribution is -2.33. The van der Waals surface area contributed by atoms with Gasteiger partial charge in [-0.3, -0.25) is 9.59 Å². The highest BCUT2D eigenvalue weighted by Gasteiger charge is 2.19. The summed E-state index contributed by atoms with van der Waals surface area (Å²) >= 11 is 0. The predicted molar refractivity (Wildman–Crippen MR) is 64.2 cm³/mol. The Hall–Kier alpha value is -2.71. The lowest BCUT2D eigenvalue weighted by atomic mass is 10.2. The molecule has 1 atom stereocenters. The van der Waals surface area contributed by atoms with Gasteiger partial charge in [-0.1, -0.05) is 6.92 Å². The van der Waals surface area contributed by atoms with Crippen LogP contribution in [0.5, 0.6) is 5.88 Å². The average molecular weight is 283 g/mol. The molecule has 0 aromatic carbocycles. The number of aromatic hydroxyl groups is 1. The Balaban J connectivity index is 2.71. The number of amides is 1. The molecule has 3 N–H and O–H groups in total. The van der Waals surface area contributed by atoms with Crippen LogP contribution in [0.15, 0.2) is 6.20 Å². The monoisotopic (exact) mass is 283 g/mol. The molecule has 0 aliphatic carbocycles. The number of aromatic carboxylic acids is 1. The van der Waals surface area contributed by atoms with E-state index in [2.05, 4.69) is 20.0 Å². The number of esters is 1. The van der Waals surface area contributed by atoms with Crippen molar-refractivity contribution in [3.8, 4) is 5.88 Å². The summed E-state index contributed by atoms with van der Waals surface area (Å²) in [5.74, 6) is -4.41. The molecule has 0 fully saturated rings. The fraction of sp³-hybridized carbons (Fsp3) is 0.364. The minimum Gasteiger partial charge on any atom is -0.493 e. The van der Waals surface area contributed by atoms with E-state index in [1.807, 2.05) is 0 Å². The number of carbonyl (C=O) groups is 3. The van der Waals surface area contributed by atoms with Crippen LogP contribution >= 0.6 is 0 Å². The van der Waals surface area contributed by atoms with Gasteiger partial charge in [0.25, 0.3) is 5.91 Å². The molecule has 0 spiro atoms. The van der Waals surface area contributed by atoms with E-state index in [-0.39, 0.29) is 6.54 Å². The first-order chi connectivity index (χ1) is 9.36. The molecule has 0 radical (unpaired) electrons. The highest BCUT2D eigenvalue weighted by Crippen LogP contribution is 2.11. The number of rotatable bonds is 5. The summed E-state index contributed by atoms with van der Waals surface area (Å²) in [7, 11) is 1.23. The molecule has 1 aromatic heterocycles.